The van der Waals surface area contributed by atoms with Gasteiger partial charge in [-0.3, -0.25) is 4.98 Å². The molecule has 0 aromatic carbocycles. The van der Waals surface area contributed by atoms with Crippen molar-refractivity contribution in [1.82, 2.24) is 10.3 Å². The molecule has 0 fully saturated rings. The molecule has 0 saturated carbocycles. The number of amidine groups is 1. The molecule has 3 heteroatoms. The minimum atomic E-state index is 0.884. The number of hydrogen-bond acceptors (Lipinski definition) is 2. The SMILES string of the molecule is CCC1=Nc2cnccc2[N]1. The van der Waals surface area contributed by atoms with Crippen molar-refractivity contribution >= 4 is 17.2 Å². The first-order valence-corrected chi connectivity index (χ1v) is 3.63. The number of aliphatic imine (C=N–C) groups is 1. The lowest BCUT2D eigenvalue weighted by Crippen LogP contribution is -2.02. The highest BCUT2D eigenvalue weighted by atomic mass is 15.1. The van der Waals surface area contributed by atoms with E-state index >= 15 is 0 Å². The molecule has 0 saturated heterocycles. The highest BCUT2D eigenvalue weighted by Crippen LogP contribution is 2.28. The maximum Gasteiger partial charge on any atom is 0.129 e. The van der Waals surface area contributed by atoms with Crippen LogP contribution in [0.4, 0.5) is 11.4 Å². The Kier molecular flexibility index (Phi) is 1.35. The molecule has 1 aromatic rings. The summed E-state index contributed by atoms with van der Waals surface area (Å²) in [5.74, 6) is 0.896. The van der Waals surface area contributed by atoms with Crippen LogP contribution < -0.4 is 5.32 Å². The number of hydrogen-bond donors (Lipinski definition) is 0. The van der Waals surface area contributed by atoms with Gasteiger partial charge >= 0.3 is 0 Å². The molecule has 55 valence electrons. The molecule has 0 spiro atoms. The molecule has 0 amide bonds. The van der Waals surface area contributed by atoms with Gasteiger partial charge in [0.15, 0.2) is 0 Å². The number of fused-ring (bicyclic) bond motifs is 1. The van der Waals surface area contributed by atoms with E-state index in [-0.39, 0.29) is 0 Å². The fourth-order valence-corrected chi connectivity index (χ4v) is 1.02. The molecule has 11 heavy (non-hydrogen) atoms. The molecule has 2 heterocycles. The Morgan fingerprint density at radius 3 is 3.00 bits per heavy atom. The van der Waals surface area contributed by atoms with Gasteiger partial charge in [0.1, 0.15) is 11.5 Å². The molecule has 0 bridgehead atoms. The predicted octanol–water partition coefficient (Wildman–Crippen LogP) is 1.77. The van der Waals surface area contributed by atoms with E-state index in [1.54, 1.807) is 12.4 Å². The zero-order chi connectivity index (χ0) is 7.68. The van der Waals surface area contributed by atoms with Gasteiger partial charge in [0.05, 0.1) is 11.9 Å². The summed E-state index contributed by atoms with van der Waals surface area (Å²) in [5, 5.41) is 4.28. The largest absolute Gasteiger partial charge is 0.262 e. The molecule has 1 aromatic heterocycles. The van der Waals surface area contributed by atoms with E-state index in [0.29, 0.717) is 0 Å². The number of rotatable bonds is 1. The summed E-state index contributed by atoms with van der Waals surface area (Å²) in [6.45, 7) is 2.04. The summed E-state index contributed by atoms with van der Waals surface area (Å²) in [6, 6.07) is 1.88. The van der Waals surface area contributed by atoms with Gasteiger partial charge in [0.2, 0.25) is 0 Å². The average Bonchev–Trinajstić information content (AvgIpc) is 2.46. The lowest BCUT2D eigenvalue weighted by atomic mass is 10.4. The molecule has 1 aliphatic rings. The third kappa shape index (κ3) is 0.981. The van der Waals surface area contributed by atoms with Gasteiger partial charge in [0.25, 0.3) is 0 Å². The smallest absolute Gasteiger partial charge is 0.129 e. The summed E-state index contributed by atoms with van der Waals surface area (Å²) >= 11 is 0. The summed E-state index contributed by atoms with van der Waals surface area (Å²) in [5.41, 5.74) is 1.83. The van der Waals surface area contributed by atoms with Crippen LogP contribution in [0.3, 0.4) is 0 Å². The molecule has 0 unspecified atom stereocenters. The zero-order valence-electron chi connectivity index (χ0n) is 6.28. The van der Waals surface area contributed by atoms with E-state index in [1.165, 1.54) is 0 Å². The molecule has 3 nitrogen and oxygen atoms in total. The zero-order valence-corrected chi connectivity index (χ0v) is 6.28. The van der Waals surface area contributed by atoms with E-state index in [0.717, 1.165) is 23.6 Å². The first kappa shape index (κ1) is 6.34. The molecular weight excluding hydrogens is 138 g/mol. The fraction of sp³-hybridized carbons (Fsp3) is 0.250. The molecule has 0 N–H and O–H groups in total. The van der Waals surface area contributed by atoms with Gasteiger partial charge in [-0.25, -0.2) is 10.3 Å². The first-order chi connectivity index (χ1) is 5.40. The summed E-state index contributed by atoms with van der Waals surface area (Å²) < 4.78 is 0. The van der Waals surface area contributed by atoms with Gasteiger partial charge < -0.3 is 0 Å². The van der Waals surface area contributed by atoms with Crippen LogP contribution in [0, 0.1) is 0 Å². The molecule has 0 atom stereocenters. The normalized spacial score (nSPS) is 13.7. The topological polar surface area (TPSA) is 39.4 Å². The second kappa shape index (κ2) is 2.34. The molecule has 0 aliphatic carbocycles. The maximum atomic E-state index is 4.28. The van der Waals surface area contributed by atoms with Gasteiger partial charge in [-0.2, -0.15) is 0 Å². The van der Waals surface area contributed by atoms with E-state index in [2.05, 4.69) is 15.3 Å². The Morgan fingerprint density at radius 2 is 2.27 bits per heavy atom. The van der Waals surface area contributed by atoms with Crippen molar-refractivity contribution in [2.45, 2.75) is 13.3 Å². The predicted molar refractivity (Wildman–Crippen MR) is 43.4 cm³/mol. The van der Waals surface area contributed by atoms with Crippen LogP contribution >= 0.6 is 0 Å². The fourth-order valence-electron chi connectivity index (χ4n) is 1.02. The second-order valence-corrected chi connectivity index (χ2v) is 2.36. The Hall–Kier alpha value is -1.38. The number of nitrogens with zero attached hydrogens (tertiary/aromatic N) is 3. The number of aromatic nitrogens is 1. The van der Waals surface area contributed by atoms with Crippen LogP contribution in [0.1, 0.15) is 13.3 Å². The van der Waals surface area contributed by atoms with Crippen molar-refractivity contribution in [2.24, 2.45) is 4.99 Å². The Balaban J connectivity index is 2.39. The lowest BCUT2D eigenvalue weighted by molar-refractivity contribution is 1.16. The summed E-state index contributed by atoms with van der Waals surface area (Å²) in [6.07, 6.45) is 4.35. The monoisotopic (exact) mass is 146 g/mol. The third-order valence-electron chi connectivity index (χ3n) is 1.59. The molecule has 2 rings (SSSR count). The highest BCUT2D eigenvalue weighted by Gasteiger charge is 2.12. The van der Waals surface area contributed by atoms with Gasteiger partial charge in [-0.1, -0.05) is 6.92 Å². The average molecular weight is 146 g/mol. The quantitative estimate of drug-likeness (QED) is 0.595. The lowest BCUT2D eigenvalue weighted by Gasteiger charge is -1.92. The van der Waals surface area contributed by atoms with E-state index in [4.69, 9.17) is 0 Å². The Labute approximate surface area is 65.2 Å². The van der Waals surface area contributed by atoms with Gasteiger partial charge in [0, 0.05) is 12.6 Å². The van der Waals surface area contributed by atoms with Crippen molar-refractivity contribution in [2.75, 3.05) is 0 Å². The third-order valence-corrected chi connectivity index (χ3v) is 1.59. The standard InChI is InChI=1S/C8H8N3/c1-2-8-10-6-3-4-9-5-7(6)11-8/h3-5H,2H2,1H3. The van der Waals surface area contributed by atoms with Crippen LogP contribution in [0.15, 0.2) is 23.5 Å². The first-order valence-electron chi connectivity index (χ1n) is 3.63. The van der Waals surface area contributed by atoms with Crippen LogP contribution in [0.25, 0.3) is 0 Å². The van der Waals surface area contributed by atoms with Crippen molar-refractivity contribution in [3.63, 3.8) is 0 Å². The summed E-state index contributed by atoms with van der Waals surface area (Å²) in [4.78, 5) is 8.22. The van der Waals surface area contributed by atoms with Gasteiger partial charge in [-0.05, 0) is 6.07 Å². The van der Waals surface area contributed by atoms with Crippen molar-refractivity contribution in [1.29, 1.82) is 0 Å². The van der Waals surface area contributed by atoms with Gasteiger partial charge in [-0.15, -0.1) is 0 Å². The minimum absolute atomic E-state index is 0.884. The van der Waals surface area contributed by atoms with Crippen molar-refractivity contribution < 1.29 is 0 Å². The van der Waals surface area contributed by atoms with Crippen LogP contribution in [-0.2, 0) is 0 Å². The van der Waals surface area contributed by atoms with E-state index in [1.807, 2.05) is 13.0 Å². The molecule has 1 aliphatic heterocycles. The van der Waals surface area contributed by atoms with E-state index in [9.17, 15) is 0 Å². The summed E-state index contributed by atoms with van der Waals surface area (Å²) in [7, 11) is 0. The van der Waals surface area contributed by atoms with Crippen molar-refractivity contribution in [3.8, 4) is 0 Å². The minimum Gasteiger partial charge on any atom is -0.262 e. The van der Waals surface area contributed by atoms with E-state index < -0.39 is 0 Å². The van der Waals surface area contributed by atoms with Crippen LogP contribution in [-0.4, -0.2) is 10.8 Å². The maximum absolute atomic E-state index is 4.28. The highest BCUT2D eigenvalue weighted by molar-refractivity contribution is 5.95. The second-order valence-electron chi connectivity index (χ2n) is 2.36. The molecular formula is C8H8N3. The van der Waals surface area contributed by atoms with Crippen LogP contribution in [0.5, 0.6) is 0 Å². The number of pyridine rings is 1. The molecule has 1 radical (unpaired) electrons. The van der Waals surface area contributed by atoms with Crippen molar-refractivity contribution in [3.05, 3.63) is 18.5 Å². The van der Waals surface area contributed by atoms with Crippen LogP contribution in [0.2, 0.25) is 0 Å². The Morgan fingerprint density at radius 1 is 1.36 bits per heavy atom. The Bertz CT molecular complexity index is 304.